The van der Waals surface area contributed by atoms with Crippen molar-refractivity contribution in [3.8, 4) is 0 Å². The number of carboxylic acid groups (broad SMARTS) is 3. The Balaban J connectivity index is 0.000000433. The Hall–Kier alpha value is -2.65. The van der Waals surface area contributed by atoms with Crippen LogP contribution in [0.4, 0.5) is 5.69 Å². The van der Waals surface area contributed by atoms with Crippen LogP contribution in [-0.2, 0) is 20.8 Å². The molecular weight excluding hydrogens is 294 g/mol. The van der Waals surface area contributed by atoms with Crippen LogP contribution in [0.5, 0.6) is 0 Å². The second-order valence-corrected chi connectivity index (χ2v) is 4.43. The van der Waals surface area contributed by atoms with Gasteiger partial charge in [0.2, 0.25) is 0 Å². The molecule has 0 radical (unpaired) electrons. The third-order valence-corrected chi connectivity index (χ3v) is 2.46. The maximum Gasteiger partial charge on any atom is 0.321 e. The largest absolute Gasteiger partial charge is 0.481 e. The van der Waals surface area contributed by atoms with Gasteiger partial charge in [0.05, 0.1) is 6.42 Å². The van der Waals surface area contributed by atoms with E-state index < -0.39 is 36.4 Å². The average molecular weight is 313 g/mol. The van der Waals surface area contributed by atoms with E-state index in [0.717, 1.165) is 5.56 Å². The number of nitrogens with two attached hydrogens (primary N) is 3. The van der Waals surface area contributed by atoms with Crippen molar-refractivity contribution in [3.63, 3.8) is 0 Å². The molecule has 2 unspecified atom stereocenters. The van der Waals surface area contributed by atoms with Gasteiger partial charge in [-0.15, -0.1) is 0 Å². The van der Waals surface area contributed by atoms with Crippen LogP contribution in [-0.4, -0.2) is 45.3 Å². The first-order chi connectivity index (χ1) is 10.1. The van der Waals surface area contributed by atoms with Gasteiger partial charge in [-0.25, -0.2) is 0 Å². The second kappa shape index (κ2) is 9.32. The predicted molar refractivity (Wildman–Crippen MR) is 78.0 cm³/mol. The van der Waals surface area contributed by atoms with Crippen molar-refractivity contribution in [1.82, 2.24) is 0 Å². The van der Waals surface area contributed by atoms with Gasteiger partial charge < -0.3 is 32.5 Å². The van der Waals surface area contributed by atoms with E-state index in [1.165, 1.54) is 0 Å². The molecule has 1 aromatic carbocycles. The van der Waals surface area contributed by atoms with Crippen molar-refractivity contribution in [1.29, 1.82) is 0 Å². The molecule has 0 bridgehead atoms. The van der Waals surface area contributed by atoms with Gasteiger partial charge in [0.1, 0.15) is 12.1 Å². The molecule has 122 valence electrons. The molecule has 9 heteroatoms. The summed E-state index contributed by atoms with van der Waals surface area (Å²) in [6.45, 7) is 0. The van der Waals surface area contributed by atoms with Crippen LogP contribution in [0.2, 0.25) is 0 Å². The molecule has 9 nitrogen and oxygen atoms in total. The topological polar surface area (TPSA) is 190 Å². The smallest absolute Gasteiger partial charge is 0.321 e. The van der Waals surface area contributed by atoms with Gasteiger partial charge in [0.15, 0.2) is 0 Å². The van der Waals surface area contributed by atoms with Crippen molar-refractivity contribution in [2.45, 2.75) is 24.9 Å². The SMILES string of the molecule is NC(CC(=O)O)C(=O)O.Nc1ccc(CC(N)C(=O)O)cc1. The number of rotatable bonds is 6. The van der Waals surface area contributed by atoms with E-state index in [9.17, 15) is 14.4 Å². The quantitative estimate of drug-likeness (QED) is 0.361. The highest BCUT2D eigenvalue weighted by Crippen LogP contribution is 2.07. The minimum atomic E-state index is -1.29. The highest BCUT2D eigenvalue weighted by molar-refractivity contribution is 5.80. The third-order valence-electron chi connectivity index (χ3n) is 2.46. The summed E-state index contributed by atoms with van der Waals surface area (Å²) < 4.78 is 0. The summed E-state index contributed by atoms with van der Waals surface area (Å²) in [5.41, 5.74) is 17.2. The number of carboxylic acids is 3. The van der Waals surface area contributed by atoms with Crippen molar-refractivity contribution < 1.29 is 29.7 Å². The van der Waals surface area contributed by atoms with Crippen molar-refractivity contribution in [2.75, 3.05) is 5.73 Å². The van der Waals surface area contributed by atoms with E-state index >= 15 is 0 Å². The molecule has 0 aliphatic carbocycles. The molecule has 9 N–H and O–H groups in total. The maximum absolute atomic E-state index is 10.4. The number of hydrogen-bond acceptors (Lipinski definition) is 6. The van der Waals surface area contributed by atoms with E-state index in [1.807, 2.05) is 0 Å². The summed E-state index contributed by atoms with van der Waals surface area (Å²) in [5.74, 6) is -3.49. The number of carbonyl (C=O) groups is 3. The summed E-state index contributed by atoms with van der Waals surface area (Å²) in [7, 11) is 0. The van der Waals surface area contributed by atoms with Gasteiger partial charge in [-0.05, 0) is 24.1 Å². The molecule has 1 rings (SSSR count). The van der Waals surface area contributed by atoms with Crippen LogP contribution in [0.15, 0.2) is 24.3 Å². The highest BCUT2D eigenvalue weighted by atomic mass is 16.4. The molecule has 22 heavy (non-hydrogen) atoms. The standard InChI is InChI=1S/C9H12N2O2.C4H7NO4/c10-7-3-1-6(2-4-7)5-8(11)9(12)13;5-2(4(8)9)1-3(6)7/h1-4,8H,5,10-11H2,(H,12,13);2H,1,5H2,(H,6,7)(H,8,9). The van der Waals surface area contributed by atoms with E-state index in [4.69, 9.17) is 32.5 Å². The summed E-state index contributed by atoms with van der Waals surface area (Å²) >= 11 is 0. The highest BCUT2D eigenvalue weighted by Gasteiger charge is 2.14. The van der Waals surface area contributed by atoms with Gasteiger partial charge in [0.25, 0.3) is 0 Å². The van der Waals surface area contributed by atoms with Crippen molar-refractivity contribution in [3.05, 3.63) is 29.8 Å². The molecule has 0 heterocycles. The molecule has 0 aliphatic heterocycles. The molecule has 0 aromatic heterocycles. The maximum atomic E-state index is 10.4. The Labute approximate surface area is 126 Å². The lowest BCUT2D eigenvalue weighted by molar-refractivity contribution is -0.144. The number of benzene rings is 1. The van der Waals surface area contributed by atoms with Crippen LogP contribution >= 0.6 is 0 Å². The summed E-state index contributed by atoms with van der Waals surface area (Å²) in [5, 5.41) is 24.6. The number of hydrogen-bond donors (Lipinski definition) is 6. The number of anilines is 1. The van der Waals surface area contributed by atoms with Gasteiger partial charge in [-0.3, -0.25) is 14.4 Å². The lowest BCUT2D eigenvalue weighted by Crippen LogP contribution is -2.32. The van der Waals surface area contributed by atoms with Crippen LogP contribution in [0.3, 0.4) is 0 Å². The van der Waals surface area contributed by atoms with Crippen LogP contribution in [0.25, 0.3) is 0 Å². The Kier molecular flexibility index (Phi) is 8.19. The molecule has 2 atom stereocenters. The lowest BCUT2D eigenvalue weighted by Gasteiger charge is -2.05. The van der Waals surface area contributed by atoms with E-state index in [2.05, 4.69) is 0 Å². The fourth-order valence-electron chi connectivity index (χ4n) is 1.27. The zero-order valence-corrected chi connectivity index (χ0v) is 11.7. The lowest BCUT2D eigenvalue weighted by atomic mass is 10.1. The summed E-state index contributed by atoms with van der Waals surface area (Å²) in [6.07, 6.45) is -0.203. The molecule has 0 aliphatic rings. The van der Waals surface area contributed by atoms with E-state index in [1.54, 1.807) is 24.3 Å². The fraction of sp³-hybridized carbons (Fsp3) is 0.308. The minimum absolute atomic E-state index is 0.329. The van der Waals surface area contributed by atoms with Crippen LogP contribution in [0, 0.1) is 0 Å². The van der Waals surface area contributed by atoms with Gasteiger partial charge in [-0.2, -0.15) is 0 Å². The second-order valence-electron chi connectivity index (χ2n) is 4.43. The first kappa shape index (κ1) is 19.4. The molecule has 0 fully saturated rings. The molecule has 0 amide bonds. The Morgan fingerprint density at radius 1 is 0.909 bits per heavy atom. The Morgan fingerprint density at radius 2 is 1.36 bits per heavy atom. The first-order valence-corrected chi connectivity index (χ1v) is 6.16. The fourth-order valence-corrected chi connectivity index (χ4v) is 1.27. The van der Waals surface area contributed by atoms with Crippen molar-refractivity contribution >= 4 is 23.6 Å². The number of aliphatic carboxylic acids is 3. The van der Waals surface area contributed by atoms with E-state index in [-0.39, 0.29) is 0 Å². The normalized spacial score (nSPS) is 12.5. The zero-order chi connectivity index (χ0) is 17.3. The molecule has 0 spiro atoms. The van der Waals surface area contributed by atoms with Crippen LogP contribution in [0.1, 0.15) is 12.0 Å². The third kappa shape index (κ3) is 8.51. The van der Waals surface area contributed by atoms with Gasteiger partial charge in [0, 0.05) is 5.69 Å². The molecule has 0 saturated heterocycles. The zero-order valence-electron chi connectivity index (χ0n) is 11.7. The van der Waals surface area contributed by atoms with Gasteiger partial charge in [-0.1, -0.05) is 12.1 Å². The Bertz CT molecular complexity index is 517. The average Bonchev–Trinajstić information content (AvgIpc) is 2.41. The number of nitrogen functional groups attached to an aromatic ring is 1. The first-order valence-electron chi connectivity index (χ1n) is 6.16. The predicted octanol–water partition coefficient (Wildman–Crippen LogP) is -0.904. The minimum Gasteiger partial charge on any atom is -0.481 e. The molecule has 0 saturated carbocycles. The van der Waals surface area contributed by atoms with Gasteiger partial charge >= 0.3 is 17.9 Å². The molecular formula is C13H19N3O6. The van der Waals surface area contributed by atoms with E-state index in [0.29, 0.717) is 12.1 Å². The Morgan fingerprint density at radius 3 is 1.68 bits per heavy atom. The summed E-state index contributed by atoms with van der Waals surface area (Å²) in [6, 6.07) is 4.87. The summed E-state index contributed by atoms with van der Waals surface area (Å²) in [4.78, 5) is 30.0. The molecule has 1 aromatic rings. The monoisotopic (exact) mass is 313 g/mol. The van der Waals surface area contributed by atoms with Crippen molar-refractivity contribution in [2.24, 2.45) is 11.5 Å². The van der Waals surface area contributed by atoms with Crippen LogP contribution < -0.4 is 17.2 Å².